The van der Waals surface area contributed by atoms with Crippen molar-refractivity contribution in [3.63, 3.8) is 0 Å². The minimum atomic E-state index is -1.09. The average Bonchev–Trinajstić information content (AvgIpc) is 2.56. The van der Waals surface area contributed by atoms with Crippen molar-refractivity contribution in [2.45, 2.75) is 13.0 Å². The zero-order valence-electron chi connectivity index (χ0n) is 13.3. The van der Waals surface area contributed by atoms with Gasteiger partial charge in [0.05, 0.1) is 0 Å². The minimum Gasteiger partial charge on any atom is -0.479 e. The van der Waals surface area contributed by atoms with E-state index in [1.165, 1.54) is 39.2 Å². The molecule has 1 unspecified atom stereocenters. The molecule has 4 amide bonds. The lowest BCUT2D eigenvalue weighted by Gasteiger charge is -2.28. The van der Waals surface area contributed by atoms with E-state index < -0.39 is 29.9 Å². The van der Waals surface area contributed by atoms with Crippen molar-refractivity contribution < 1.29 is 29.0 Å². The number of hydrogen-bond acceptors (Lipinski definition) is 5. The minimum absolute atomic E-state index is 0.132. The fourth-order valence-electron chi connectivity index (χ4n) is 2.04. The van der Waals surface area contributed by atoms with Gasteiger partial charge in [-0.05, 0) is 30.7 Å². The first-order valence-electron chi connectivity index (χ1n) is 7.03. The Morgan fingerprint density at radius 3 is 2.04 bits per heavy atom. The summed E-state index contributed by atoms with van der Waals surface area (Å²) in [6, 6.07) is 5.53. The summed E-state index contributed by atoms with van der Waals surface area (Å²) < 4.78 is 5.20. The Balaban J connectivity index is 2.24. The van der Waals surface area contributed by atoms with Crippen LogP contribution in [0.5, 0.6) is 5.75 Å². The SMILES string of the molecule is CC(Oc1ccc(C=C2C(=O)N(C)C(=O)N(C)C2=O)cc1)C(=O)O. The first-order valence-corrected chi connectivity index (χ1v) is 7.03. The summed E-state index contributed by atoms with van der Waals surface area (Å²) in [6.45, 7) is 1.40. The molecule has 1 aliphatic heterocycles. The molecule has 8 nitrogen and oxygen atoms in total. The number of likely N-dealkylation sites (N-methyl/N-ethyl adjacent to an activating group) is 2. The molecule has 126 valence electrons. The number of carboxylic acid groups (broad SMARTS) is 1. The summed E-state index contributed by atoms with van der Waals surface area (Å²) in [4.78, 5) is 48.3. The predicted octanol–water partition coefficient (Wildman–Crippen LogP) is 0.972. The number of nitrogens with zero attached hydrogens (tertiary/aromatic N) is 2. The standard InChI is InChI=1S/C16H16N2O6/c1-9(15(21)22)24-11-6-4-10(5-7-11)8-12-13(19)17(2)16(23)18(3)14(12)20/h4-9H,1-3H3,(H,21,22). The molecule has 2 rings (SSSR count). The van der Waals surface area contributed by atoms with Crippen molar-refractivity contribution in [3.05, 3.63) is 35.4 Å². The maximum Gasteiger partial charge on any atom is 0.344 e. The molecular weight excluding hydrogens is 316 g/mol. The highest BCUT2D eigenvalue weighted by atomic mass is 16.5. The van der Waals surface area contributed by atoms with Crippen LogP contribution < -0.4 is 4.74 Å². The van der Waals surface area contributed by atoms with Gasteiger partial charge in [-0.15, -0.1) is 0 Å². The average molecular weight is 332 g/mol. The molecule has 0 radical (unpaired) electrons. The van der Waals surface area contributed by atoms with Crippen LogP contribution in [-0.2, 0) is 14.4 Å². The third kappa shape index (κ3) is 3.27. The number of barbiturate groups is 1. The van der Waals surface area contributed by atoms with E-state index >= 15 is 0 Å². The number of carbonyl (C=O) groups is 4. The van der Waals surface area contributed by atoms with Crippen molar-refractivity contribution in [3.8, 4) is 5.75 Å². The fourth-order valence-corrected chi connectivity index (χ4v) is 2.04. The Bertz CT molecular complexity index is 711. The van der Waals surface area contributed by atoms with Gasteiger partial charge in [-0.3, -0.25) is 19.4 Å². The van der Waals surface area contributed by atoms with E-state index in [9.17, 15) is 19.2 Å². The van der Waals surface area contributed by atoms with Crippen LogP contribution in [0.25, 0.3) is 6.08 Å². The van der Waals surface area contributed by atoms with Crippen molar-refractivity contribution in [1.82, 2.24) is 9.80 Å². The molecule has 0 saturated carbocycles. The van der Waals surface area contributed by atoms with Crippen LogP contribution in [0, 0.1) is 0 Å². The van der Waals surface area contributed by atoms with E-state index in [-0.39, 0.29) is 5.57 Å². The van der Waals surface area contributed by atoms with Gasteiger partial charge in [0.2, 0.25) is 0 Å². The van der Waals surface area contributed by atoms with Gasteiger partial charge < -0.3 is 9.84 Å². The zero-order chi connectivity index (χ0) is 18.0. The van der Waals surface area contributed by atoms with Gasteiger partial charge in [0.25, 0.3) is 11.8 Å². The number of aliphatic carboxylic acids is 1. The van der Waals surface area contributed by atoms with E-state index in [2.05, 4.69) is 0 Å². The van der Waals surface area contributed by atoms with E-state index in [0.717, 1.165) is 9.80 Å². The molecule has 1 fully saturated rings. The Hall–Kier alpha value is -3.16. The van der Waals surface area contributed by atoms with Crippen LogP contribution >= 0.6 is 0 Å². The molecule has 1 aromatic rings. The molecule has 0 aromatic heterocycles. The number of benzene rings is 1. The summed E-state index contributed by atoms with van der Waals surface area (Å²) >= 11 is 0. The number of rotatable bonds is 4. The van der Waals surface area contributed by atoms with Crippen molar-refractivity contribution in [1.29, 1.82) is 0 Å². The highest BCUT2D eigenvalue weighted by molar-refractivity contribution is 6.30. The van der Waals surface area contributed by atoms with Gasteiger partial charge >= 0.3 is 12.0 Å². The molecule has 8 heteroatoms. The van der Waals surface area contributed by atoms with Crippen LogP contribution in [0.1, 0.15) is 12.5 Å². The Kier molecular flexibility index (Phi) is 4.68. The van der Waals surface area contributed by atoms with E-state index in [4.69, 9.17) is 9.84 Å². The number of ether oxygens (including phenoxy) is 1. The summed E-state index contributed by atoms with van der Waals surface area (Å²) in [6.07, 6.45) is 0.373. The number of urea groups is 1. The maximum atomic E-state index is 12.1. The molecule has 1 atom stereocenters. The second kappa shape index (κ2) is 6.53. The molecule has 1 aliphatic rings. The molecule has 0 aliphatic carbocycles. The lowest BCUT2D eigenvalue weighted by Crippen LogP contribution is -2.52. The predicted molar refractivity (Wildman–Crippen MR) is 83.1 cm³/mol. The molecule has 1 heterocycles. The second-order valence-electron chi connectivity index (χ2n) is 5.24. The highest BCUT2D eigenvalue weighted by Gasteiger charge is 2.37. The number of carboxylic acids is 1. The monoisotopic (exact) mass is 332 g/mol. The summed E-state index contributed by atoms with van der Waals surface area (Å²) in [7, 11) is 2.59. The van der Waals surface area contributed by atoms with Crippen molar-refractivity contribution >= 4 is 29.9 Å². The quantitative estimate of drug-likeness (QED) is 0.651. The lowest BCUT2D eigenvalue weighted by atomic mass is 10.1. The number of carbonyl (C=O) groups excluding carboxylic acids is 3. The van der Waals surface area contributed by atoms with Gasteiger partial charge in [0.1, 0.15) is 11.3 Å². The van der Waals surface area contributed by atoms with Crippen LogP contribution in [0.2, 0.25) is 0 Å². The topological polar surface area (TPSA) is 104 Å². The van der Waals surface area contributed by atoms with Crippen LogP contribution in [-0.4, -0.2) is 58.9 Å². The molecular formula is C16H16N2O6. The fraction of sp³-hybridized carbons (Fsp3) is 0.250. The maximum absolute atomic E-state index is 12.1. The molecule has 0 spiro atoms. The smallest absolute Gasteiger partial charge is 0.344 e. The van der Waals surface area contributed by atoms with Crippen molar-refractivity contribution in [2.24, 2.45) is 0 Å². The lowest BCUT2D eigenvalue weighted by molar-refractivity contribution is -0.144. The third-order valence-corrected chi connectivity index (χ3v) is 3.50. The first kappa shape index (κ1) is 17.2. The summed E-state index contributed by atoms with van der Waals surface area (Å²) in [5, 5.41) is 8.80. The Morgan fingerprint density at radius 2 is 1.58 bits per heavy atom. The number of amides is 4. The summed E-state index contributed by atoms with van der Waals surface area (Å²) in [5.41, 5.74) is 0.408. The number of imide groups is 2. The molecule has 1 saturated heterocycles. The Morgan fingerprint density at radius 1 is 1.08 bits per heavy atom. The van der Waals surface area contributed by atoms with Gasteiger partial charge in [-0.1, -0.05) is 12.1 Å². The molecule has 1 N–H and O–H groups in total. The second-order valence-corrected chi connectivity index (χ2v) is 5.24. The van der Waals surface area contributed by atoms with E-state index in [0.29, 0.717) is 11.3 Å². The van der Waals surface area contributed by atoms with Crippen LogP contribution in [0.3, 0.4) is 0 Å². The van der Waals surface area contributed by atoms with E-state index in [1.54, 1.807) is 12.1 Å². The largest absolute Gasteiger partial charge is 0.479 e. The highest BCUT2D eigenvalue weighted by Crippen LogP contribution is 2.20. The van der Waals surface area contributed by atoms with Crippen LogP contribution in [0.4, 0.5) is 4.79 Å². The zero-order valence-corrected chi connectivity index (χ0v) is 13.3. The third-order valence-electron chi connectivity index (χ3n) is 3.50. The van der Waals surface area contributed by atoms with E-state index in [1.807, 2.05) is 0 Å². The molecule has 24 heavy (non-hydrogen) atoms. The normalized spacial score (nSPS) is 16.3. The number of hydrogen-bond donors (Lipinski definition) is 1. The van der Waals surface area contributed by atoms with Gasteiger partial charge in [0, 0.05) is 14.1 Å². The van der Waals surface area contributed by atoms with Gasteiger partial charge in [-0.2, -0.15) is 0 Å². The summed E-state index contributed by atoms with van der Waals surface area (Å²) in [5.74, 6) is -2.10. The van der Waals surface area contributed by atoms with Crippen LogP contribution in [0.15, 0.2) is 29.8 Å². The van der Waals surface area contributed by atoms with Gasteiger partial charge in [0.15, 0.2) is 6.10 Å². The first-order chi connectivity index (χ1) is 11.2. The van der Waals surface area contributed by atoms with Crippen molar-refractivity contribution in [2.75, 3.05) is 14.1 Å². The van der Waals surface area contributed by atoms with Gasteiger partial charge in [-0.25, -0.2) is 9.59 Å². The molecule has 1 aromatic carbocycles. The Labute approximate surface area is 137 Å². The molecule has 0 bridgehead atoms.